The quantitative estimate of drug-likeness (QED) is 0.729. The van der Waals surface area contributed by atoms with Crippen molar-refractivity contribution in [3.8, 4) is 0 Å². The second-order valence-electron chi connectivity index (χ2n) is 2.91. The molecule has 0 aliphatic rings. The number of pyridine rings is 1. The molecule has 0 spiro atoms. The molecule has 0 saturated heterocycles. The summed E-state index contributed by atoms with van der Waals surface area (Å²) in [6, 6.07) is 12.1. The van der Waals surface area contributed by atoms with E-state index in [0.717, 1.165) is 5.52 Å². The monoisotopic (exact) mass is 241 g/mol. The van der Waals surface area contributed by atoms with E-state index in [1.54, 1.807) is 0 Å². The van der Waals surface area contributed by atoms with E-state index in [4.69, 9.17) is 9.66 Å². The van der Waals surface area contributed by atoms with Gasteiger partial charge in [-0.15, -0.1) is 0 Å². The van der Waals surface area contributed by atoms with E-state index < -0.39 is 16.1 Å². The highest BCUT2D eigenvalue weighted by Crippen LogP contribution is 2.07. The van der Waals surface area contributed by atoms with Gasteiger partial charge >= 0.3 is 0 Å². The molecule has 0 amide bonds. The van der Waals surface area contributed by atoms with Crippen LogP contribution >= 0.6 is 0 Å². The fraction of sp³-hybridized carbons (Fsp3) is 0.100. The normalized spacial score (nSPS) is 10.6. The molecule has 6 heteroatoms. The molecule has 0 fully saturated rings. The predicted octanol–water partition coefficient (Wildman–Crippen LogP) is 1.06. The number of nitrogens with zero attached hydrogens (tertiary/aromatic N) is 1. The molecule has 0 unspecified atom stereocenters. The van der Waals surface area contributed by atoms with E-state index >= 15 is 0 Å². The standard InChI is InChI=1S/C9H7N.CH4O4S/c1-2-6-9-8(4-1)5-3-7-10-9;2-1-6(3,4)5/h1-7H;2H,1H2,(H,3,4,5). The van der Waals surface area contributed by atoms with Crippen LogP contribution in [0.3, 0.4) is 0 Å². The molecule has 2 N–H and O–H groups in total. The summed E-state index contributed by atoms with van der Waals surface area (Å²) in [7, 11) is -4.11. The maximum atomic E-state index is 9.31. The number of fused-ring (bicyclic) bond motifs is 1. The Morgan fingerprint density at radius 3 is 2.25 bits per heavy atom. The Hall–Kier alpha value is -1.50. The van der Waals surface area contributed by atoms with Gasteiger partial charge < -0.3 is 5.11 Å². The SMILES string of the molecule is O=S(=O)(O)CO.c1ccc2ncccc2c1. The van der Waals surface area contributed by atoms with Crippen LogP contribution in [0.2, 0.25) is 0 Å². The zero-order valence-corrected chi connectivity index (χ0v) is 9.13. The van der Waals surface area contributed by atoms with Crippen molar-refractivity contribution in [2.45, 2.75) is 0 Å². The van der Waals surface area contributed by atoms with E-state index in [9.17, 15) is 8.42 Å². The lowest BCUT2D eigenvalue weighted by Gasteiger charge is -1.91. The molecule has 0 aliphatic carbocycles. The van der Waals surface area contributed by atoms with Crippen molar-refractivity contribution in [2.24, 2.45) is 0 Å². The fourth-order valence-electron chi connectivity index (χ4n) is 1.02. The van der Waals surface area contributed by atoms with Crippen molar-refractivity contribution < 1.29 is 18.1 Å². The smallest absolute Gasteiger partial charge is 0.289 e. The van der Waals surface area contributed by atoms with Crippen LogP contribution in [0.5, 0.6) is 0 Å². The van der Waals surface area contributed by atoms with Gasteiger partial charge in [0.25, 0.3) is 10.1 Å². The number of aliphatic hydroxyl groups excluding tert-OH is 1. The van der Waals surface area contributed by atoms with Crippen molar-refractivity contribution in [2.75, 3.05) is 5.94 Å². The molecule has 2 aromatic rings. The van der Waals surface area contributed by atoms with Crippen LogP contribution in [0, 0.1) is 0 Å². The van der Waals surface area contributed by atoms with Gasteiger partial charge in [-0.3, -0.25) is 9.54 Å². The van der Waals surface area contributed by atoms with Gasteiger partial charge in [-0.05, 0) is 12.1 Å². The minimum atomic E-state index is -4.11. The molecule has 1 aromatic heterocycles. The first-order valence-corrected chi connectivity index (χ1v) is 5.99. The third kappa shape index (κ3) is 4.35. The molecular formula is C10H11NO4S. The number of hydrogen-bond acceptors (Lipinski definition) is 4. The molecule has 0 saturated carbocycles. The summed E-state index contributed by atoms with van der Waals surface area (Å²) in [5.74, 6) is -1.20. The van der Waals surface area contributed by atoms with Gasteiger partial charge in [0, 0.05) is 11.6 Å². The van der Waals surface area contributed by atoms with Crippen molar-refractivity contribution >= 4 is 21.0 Å². The Labute approximate surface area is 93.1 Å². The molecule has 2 rings (SSSR count). The van der Waals surface area contributed by atoms with Gasteiger partial charge in [0.15, 0.2) is 5.94 Å². The Balaban J connectivity index is 0.000000187. The third-order valence-electron chi connectivity index (χ3n) is 1.68. The van der Waals surface area contributed by atoms with Crippen LogP contribution < -0.4 is 0 Å². The minimum Gasteiger partial charge on any atom is -0.378 e. The summed E-state index contributed by atoms with van der Waals surface area (Å²) >= 11 is 0. The highest BCUT2D eigenvalue weighted by Gasteiger charge is 1.95. The summed E-state index contributed by atoms with van der Waals surface area (Å²) in [5, 5.41) is 8.76. The van der Waals surface area contributed by atoms with Crippen molar-refractivity contribution in [3.63, 3.8) is 0 Å². The van der Waals surface area contributed by atoms with Crippen molar-refractivity contribution in [1.29, 1.82) is 0 Å². The summed E-state index contributed by atoms with van der Waals surface area (Å²) < 4.78 is 26.2. The summed E-state index contributed by atoms with van der Waals surface area (Å²) in [4.78, 5) is 4.18. The Bertz CT molecular complexity index is 488. The van der Waals surface area contributed by atoms with Crippen LogP contribution in [0.4, 0.5) is 0 Å². The molecule has 1 heterocycles. The zero-order chi connectivity index (χ0) is 12.0. The van der Waals surface area contributed by atoms with Gasteiger partial charge in [0.05, 0.1) is 5.52 Å². The van der Waals surface area contributed by atoms with E-state index in [0.29, 0.717) is 0 Å². The second-order valence-corrected chi connectivity index (χ2v) is 4.33. The topological polar surface area (TPSA) is 87.5 Å². The number of para-hydroxylation sites is 1. The van der Waals surface area contributed by atoms with Gasteiger partial charge in [-0.1, -0.05) is 24.3 Å². The molecule has 5 nitrogen and oxygen atoms in total. The maximum Gasteiger partial charge on any atom is 0.289 e. The fourth-order valence-corrected chi connectivity index (χ4v) is 1.02. The van der Waals surface area contributed by atoms with Gasteiger partial charge in [0.2, 0.25) is 0 Å². The predicted molar refractivity (Wildman–Crippen MR) is 60.4 cm³/mol. The number of benzene rings is 1. The van der Waals surface area contributed by atoms with Crippen LogP contribution in [-0.4, -0.2) is 29.0 Å². The molecule has 0 aliphatic heterocycles. The lowest BCUT2D eigenvalue weighted by molar-refractivity contribution is 0.336. The van der Waals surface area contributed by atoms with E-state index in [1.807, 2.05) is 30.5 Å². The average Bonchev–Trinajstić information content (AvgIpc) is 2.29. The lowest BCUT2D eigenvalue weighted by Crippen LogP contribution is -2.00. The number of rotatable bonds is 1. The summed E-state index contributed by atoms with van der Waals surface area (Å²) in [6.45, 7) is 0. The Kier molecular flexibility index (Phi) is 4.36. The lowest BCUT2D eigenvalue weighted by atomic mass is 10.2. The largest absolute Gasteiger partial charge is 0.378 e. The molecule has 0 atom stereocenters. The van der Waals surface area contributed by atoms with Crippen molar-refractivity contribution in [3.05, 3.63) is 42.6 Å². The third-order valence-corrected chi connectivity index (χ3v) is 2.00. The van der Waals surface area contributed by atoms with Gasteiger partial charge in [-0.2, -0.15) is 8.42 Å². The number of hydrogen-bond donors (Lipinski definition) is 2. The molecule has 1 aromatic carbocycles. The second kappa shape index (κ2) is 5.55. The molecule has 0 radical (unpaired) electrons. The first kappa shape index (κ1) is 12.6. The maximum absolute atomic E-state index is 9.31. The van der Waals surface area contributed by atoms with Crippen LogP contribution in [0.25, 0.3) is 10.9 Å². The number of aromatic nitrogens is 1. The van der Waals surface area contributed by atoms with Crippen molar-refractivity contribution in [1.82, 2.24) is 4.98 Å². The summed E-state index contributed by atoms with van der Waals surface area (Å²) in [6.07, 6.45) is 1.81. The molecule has 0 bridgehead atoms. The van der Waals surface area contributed by atoms with Crippen LogP contribution in [0.1, 0.15) is 0 Å². The average molecular weight is 241 g/mol. The van der Waals surface area contributed by atoms with E-state index in [-0.39, 0.29) is 0 Å². The first-order valence-electron chi connectivity index (χ1n) is 4.39. The van der Waals surface area contributed by atoms with Gasteiger partial charge in [-0.25, -0.2) is 0 Å². The Morgan fingerprint density at radius 1 is 1.12 bits per heavy atom. The summed E-state index contributed by atoms with van der Waals surface area (Å²) in [5.41, 5.74) is 1.06. The first-order chi connectivity index (χ1) is 7.53. The van der Waals surface area contributed by atoms with E-state index in [1.165, 1.54) is 5.39 Å². The highest BCUT2D eigenvalue weighted by molar-refractivity contribution is 7.85. The molecule has 16 heavy (non-hydrogen) atoms. The van der Waals surface area contributed by atoms with Crippen LogP contribution in [-0.2, 0) is 10.1 Å². The number of aliphatic hydroxyl groups is 1. The molecule has 86 valence electrons. The highest BCUT2D eigenvalue weighted by atomic mass is 32.2. The van der Waals surface area contributed by atoms with Gasteiger partial charge in [0.1, 0.15) is 0 Å². The van der Waals surface area contributed by atoms with E-state index in [2.05, 4.69) is 17.1 Å². The van der Waals surface area contributed by atoms with Crippen LogP contribution in [0.15, 0.2) is 42.6 Å². The zero-order valence-electron chi connectivity index (χ0n) is 8.31. The minimum absolute atomic E-state index is 1.06. The Morgan fingerprint density at radius 2 is 1.69 bits per heavy atom. The molecular weight excluding hydrogens is 230 g/mol.